The predicted molar refractivity (Wildman–Crippen MR) is 52.3 cm³/mol. The van der Waals surface area contributed by atoms with Crippen LogP contribution in [-0.2, 0) is 9.53 Å². The highest BCUT2D eigenvalue weighted by atomic mass is 16.5. The van der Waals surface area contributed by atoms with E-state index in [2.05, 4.69) is 10.8 Å². The van der Waals surface area contributed by atoms with E-state index >= 15 is 0 Å². The summed E-state index contributed by atoms with van der Waals surface area (Å²) in [5, 5.41) is 0. The van der Waals surface area contributed by atoms with Gasteiger partial charge in [-0.3, -0.25) is 0 Å². The smallest absolute Gasteiger partial charge is 0.333 e. The molecule has 1 saturated carbocycles. The molecule has 0 N–H and O–H groups in total. The lowest BCUT2D eigenvalue weighted by Gasteiger charge is -2.18. The molecule has 0 heterocycles. The summed E-state index contributed by atoms with van der Waals surface area (Å²) in [5.74, 6) is 0.415. The Bertz CT molecular complexity index is 200. The number of methoxy groups -OCH3 is 1. The minimum Gasteiger partial charge on any atom is -0.466 e. The molecule has 0 aromatic rings. The number of ether oxygens (including phenoxy) is 1. The molecule has 0 atom stereocenters. The Balaban J connectivity index is 2.47. The first-order valence-corrected chi connectivity index (χ1v) is 5.01. The monoisotopic (exact) mass is 182 g/mol. The van der Waals surface area contributed by atoms with Gasteiger partial charge in [-0.25, -0.2) is 4.79 Å². The normalized spacial score (nSPS) is 20.0. The summed E-state index contributed by atoms with van der Waals surface area (Å²) in [5.41, 5.74) is 0.759. The molecule has 0 spiro atoms. The molecule has 0 unspecified atom stereocenters. The average Bonchev–Trinajstić information content (AvgIpc) is 2.18. The van der Waals surface area contributed by atoms with Crippen molar-refractivity contribution in [3.05, 3.63) is 11.6 Å². The van der Waals surface area contributed by atoms with Gasteiger partial charge in [0, 0.05) is 5.57 Å². The molecule has 2 heteroatoms. The highest BCUT2D eigenvalue weighted by Gasteiger charge is 2.13. The summed E-state index contributed by atoms with van der Waals surface area (Å²) >= 11 is 0. The van der Waals surface area contributed by atoms with Crippen LogP contribution < -0.4 is 0 Å². The van der Waals surface area contributed by atoms with Crippen molar-refractivity contribution in [1.82, 2.24) is 0 Å². The van der Waals surface area contributed by atoms with E-state index in [4.69, 9.17) is 0 Å². The quantitative estimate of drug-likeness (QED) is 0.485. The van der Waals surface area contributed by atoms with Crippen LogP contribution in [0.4, 0.5) is 0 Å². The van der Waals surface area contributed by atoms with E-state index in [-0.39, 0.29) is 5.97 Å². The zero-order valence-corrected chi connectivity index (χ0v) is 8.51. The van der Waals surface area contributed by atoms with Gasteiger partial charge in [0.05, 0.1) is 7.11 Å². The van der Waals surface area contributed by atoms with Gasteiger partial charge in [-0.1, -0.05) is 25.3 Å². The Morgan fingerprint density at radius 3 is 2.46 bits per heavy atom. The SMILES string of the molecule is COC(=O)/C(C)=C\C1CCCCC1. The molecular formula is C11H18O2. The number of rotatable bonds is 2. The molecule has 13 heavy (non-hydrogen) atoms. The molecule has 1 aliphatic rings. The Morgan fingerprint density at radius 1 is 1.31 bits per heavy atom. The summed E-state index contributed by atoms with van der Waals surface area (Å²) in [4.78, 5) is 11.1. The second-order valence-corrected chi connectivity index (χ2v) is 3.74. The van der Waals surface area contributed by atoms with Crippen LogP contribution in [0.2, 0.25) is 0 Å². The summed E-state index contributed by atoms with van der Waals surface area (Å²) in [6.07, 6.45) is 8.49. The number of esters is 1. The first-order chi connectivity index (χ1) is 6.24. The fraction of sp³-hybridized carbons (Fsp3) is 0.727. The maximum Gasteiger partial charge on any atom is 0.333 e. The van der Waals surface area contributed by atoms with E-state index in [0.29, 0.717) is 5.92 Å². The van der Waals surface area contributed by atoms with Gasteiger partial charge in [0.15, 0.2) is 0 Å². The minimum atomic E-state index is -0.189. The van der Waals surface area contributed by atoms with Gasteiger partial charge in [0.25, 0.3) is 0 Å². The Hall–Kier alpha value is -0.790. The third kappa shape index (κ3) is 3.21. The second kappa shape index (κ2) is 5.05. The zero-order valence-electron chi connectivity index (χ0n) is 8.51. The van der Waals surface area contributed by atoms with Gasteiger partial charge in [0.2, 0.25) is 0 Å². The molecule has 74 valence electrons. The fourth-order valence-electron chi connectivity index (χ4n) is 1.88. The topological polar surface area (TPSA) is 26.3 Å². The van der Waals surface area contributed by atoms with Crippen molar-refractivity contribution in [3.63, 3.8) is 0 Å². The lowest BCUT2D eigenvalue weighted by Crippen LogP contribution is -2.07. The first kappa shape index (κ1) is 10.3. The van der Waals surface area contributed by atoms with E-state index < -0.39 is 0 Å². The minimum absolute atomic E-state index is 0.189. The van der Waals surface area contributed by atoms with Crippen LogP contribution in [-0.4, -0.2) is 13.1 Å². The molecule has 0 saturated heterocycles. The van der Waals surface area contributed by atoms with Crippen molar-refractivity contribution in [3.8, 4) is 0 Å². The van der Waals surface area contributed by atoms with Gasteiger partial charge < -0.3 is 4.74 Å². The van der Waals surface area contributed by atoms with Crippen molar-refractivity contribution >= 4 is 5.97 Å². The van der Waals surface area contributed by atoms with E-state index in [1.165, 1.54) is 39.2 Å². The third-order valence-electron chi connectivity index (χ3n) is 2.64. The van der Waals surface area contributed by atoms with Gasteiger partial charge in [0.1, 0.15) is 0 Å². The Labute approximate surface area is 80.0 Å². The lowest BCUT2D eigenvalue weighted by atomic mass is 9.88. The lowest BCUT2D eigenvalue weighted by molar-refractivity contribution is -0.136. The average molecular weight is 182 g/mol. The van der Waals surface area contributed by atoms with Gasteiger partial charge in [-0.15, -0.1) is 0 Å². The molecule has 0 amide bonds. The van der Waals surface area contributed by atoms with E-state index in [1.807, 2.05) is 6.92 Å². The van der Waals surface area contributed by atoms with Crippen LogP contribution in [0.25, 0.3) is 0 Å². The van der Waals surface area contributed by atoms with E-state index in [0.717, 1.165) is 5.57 Å². The number of allylic oxidation sites excluding steroid dienone is 1. The predicted octanol–water partition coefficient (Wildman–Crippen LogP) is 2.69. The summed E-state index contributed by atoms with van der Waals surface area (Å²) in [6, 6.07) is 0. The second-order valence-electron chi connectivity index (χ2n) is 3.74. The summed E-state index contributed by atoms with van der Waals surface area (Å²) in [6.45, 7) is 1.83. The third-order valence-corrected chi connectivity index (χ3v) is 2.64. The molecule has 1 fully saturated rings. The molecule has 0 aliphatic heterocycles. The molecule has 2 nitrogen and oxygen atoms in total. The maximum absolute atomic E-state index is 11.1. The van der Waals surface area contributed by atoms with Crippen molar-refractivity contribution in [2.75, 3.05) is 7.11 Å². The van der Waals surface area contributed by atoms with E-state index in [1.54, 1.807) is 0 Å². The first-order valence-electron chi connectivity index (χ1n) is 5.01. The van der Waals surface area contributed by atoms with Gasteiger partial charge in [-0.05, 0) is 25.7 Å². The van der Waals surface area contributed by atoms with Crippen LogP contribution in [0.5, 0.6) is 0 Å². The molecule has 0 bridgehead atoms. The van der Waals surface area contributed by atoms with Crippen molar-refractivity contribution in [2.24, 2.45) is 5.92 Å². The molecule has 0 aromatic heterocycles. The largest absolute Gasteiger partial charge is 0.466 e. The highest BCUT2D eigenvalue weighted by molar-refractivity contribution is 5.87. The fourth-order valence-corrected chi connectivity index (χ4v) is 1.88. The number of carbonyl (C=O) groups is 1. The number of hydrogen-bond acceptors (Lipinski definition) is 2. The van der Waals surface area contributed by atoms with E-state index in [9.17, 15) is 4.79 Å². The Kier molecular flexibility index (Phi) is 4.00. The molecule has 0 aromatic carbocycles. The summed E-state index contributed by atoms with van der Waals surface area (Å²) < 4.78 is 4.65. The summed E-state index contributed by atoms with van der Waals surface area (Å²) in [7, 11) is 1.43. The van der Waals surface area contributed by atoms with Crippen LogP contribution in [0, 0.1) is 5.92 Å². The van der Waals surface area contributed by atoms with Crippen LogP contribution in [0.3, 0.4) is 0 Å². The number of hydrogen-bond donors (Lipinski definition) is 0. The zero-order chi connectivity index (χ0) is 9.68. The molecular weight excluding hydrogens is 164 g/mol. The molecule has 1 rings (SSSR count). The Morgan fingerprint density at radius 2 is 1.92 bits per heavy atom. The molecule has 1 aliphatic carbocycles. The van der Waals surface area contributed by atoms with Crippen molar-refractivity contribution in [2.45, 2.75) is 39.0 Å². The maximum atomic E-state index is 11.1. The standard InChI is InChI=1S/C11H18O2/c1-9(11(12)13-2)8-10-6-4-3-5-7-10/h8,10H,3-7H2,1-2H3/b9-8-. The van der Waals surface area contributed by atoms with Crippen LogP contribution in [0.15, 0.2) is 11.6 Å². The van der Waals surface area contributed by atoms with Crippen molar-refractivity contribution in [1.29, 1.82) is 0 Å². The van der Waals surface area contributed by atoms with Gasteiger partial charge in [-0.2, -0.15) is 0 Å². The number of carbonyl (C=O) groups excluding carboxylic acids is 1. The van der Waals surface area contributed by atoms with Crippen LogP contribution >= 0.6 is 0 Å². The van der Waals surface area contributed by atoms with Crippen LogP contribution in [0.1, 0.15) is 39.0 Å². The van der Waals surface area contributed by atoms with Gasteiger partial charge >= 0.3 is 5.97 Å². The molecule has 0 radical (unpaired) electrons. The highest BCUT2D eigenvalue weighted by Crippen LogP contribution is 2.25. The van der Waals surface area contributed by atoms with Crippen molar-refractivity contribution < 1.29 is 9.53 Å².